The highest BCUT2D eigenvalue weighted by Gasteiger charge is 2.04. The van der Waals surface area contributed by atoms with Crippen molar-refractivity contribution in [3.63, 3.8) is 0 Å². The van der Waals surface area contributed by atoms with Crippen LogP contribution in [0.2, 0.25) is 0 Å². The maximum absolute atomic E-state index is 9.04. The summed E-state index contributed by atoms with van der Waals surface area (Å²) in [4.78, 5) is 4.31. The molecule has 2 aromatic heterocycles. The van der Waals surface area contributed by atoms with E-state index in [4.69, 9.17) is 9.52 Å². The number of rotatable bonds is 3. The Bertz CT molecular complexity index is 659. The van der Waals surface area contributed by atoms with Crippen LogP contribution in [-0.2, 0) is 13.0 Å². The van der Waals surface area contributed by atoms with Crippen molar-refractivity contribution in [2.45, 2.75) is 13.0 Å². The third-order valence-corrected chi connectivity index (χ3v) is 2.90. The number of benzene rings is 1. The third kappa shape index (κ3) is 2.13. The van der Waals surface area contributed by atoms with E-state index >= 15 is 0 Å². The van der Waals surface area contributed by atoms with Crippen LogP contribution in [0.15, 0.2) is 53.1 Å². The number of furan rings is 1. The molecule has 0 aliphatic heterocycles. The van der Waals surface area contributed by atoms with Crippen molar-refractivity contribution in [2.24, 2.45) is 0 Å². The smallest absolute Gasteiger partial charge is 0.134 e. The largest absolute Gasteiger partial charge is 0.459 e. The quantitative estimate of drug-likeness (QED) is 0.764. The first-order valence-corrected chi connectivity index (χ1v) is 5.87. The first kappa shape index (κ1) is 11.0. The van der Waals surface area contributed by atoms with E-state index in [0.29, 0.717) is 5.76 Å². The molecule has 3 rings (SSSR count). The summed E-state index contributed by atoms with van der Waals surface area (Å²) >= 11 is 0. The van der Waals surface area contributed by atoms with Crippen molar-refractivity contribution in [1.29, 1.82) is 0 Å². The number of hydrogen-bond donors (Lipinski definition) is 1. The molecule has 0 fully saturated rings. The average Bonchev–Trinajstić information content (AvgIpc) is 2.82. The fourth-order valence-electron chi connectivity index (χ4n) is 2.05. The van der Waals surface area contributed by atoms with E-state index in [1.807, 2.05) is 36.4 Å². The van der Waals surface area contributed by atoms with E-state index in [9.17, 15) is 0 Å². The van der Waals surface area contributed by atoms with Crippen molar-refractivity contribution < 1.29 is 9.52 Å². The molecule has 2 heterocycles. The van der Waals surface area contributed by atoms with Crippen molar-refractivity contribution in [3.05, 3.63) is 65.7 Å². The first-order chi connectivity index (χ1) is 8.85. The molecule has 3 heteroatoms. The van der Waals surface area contributed by atoms with E-state index in [1.165, 1.54) is 5.56 Å². The second kappa shape index (κ2) is 4.63. The number of pyridine rings is 1. The van der Waals surface area contributed by atoms with Crippen LogP contribution in [0.5, 0.6) is 0 Å². The molecule has 90 valence electrons. The topological polar surface area (TPSA) is 46.3 Å². The fraction of sp³-hybridized carbons (Fsp3) is 0.133. The zero-order valence-electron chi connectivity index (χ0n) is 9.84. The van der Waals surface area contributed by atoms with Gasteiger partial charge in [-0.15, -0.1) is 0 Å². The highest BCUT2D eigenvalue weighted by atomic mass is 16.4. The van der Waals surface area contributed by atoms with E-state index < -0.39 is 0 Å². The van der Waals surface area contributed by atoms with Gasteiger partial charge in [-0.25, -0.2) is 0 Å². The molecular weight excluding hydrogens is 226 g/mol. The monoisotopic (exact) mass is 239 g/mol. The maximum Gasteiger partial charge on any atom is 0.134 e. The standard InChI is InChI=1S/C15H13NO2/c17-10-14-9-12-7-11(4-5-15(12)18-14)8-13-3-1-2-6-16-13/h1-7,9,17H,8,10H2. The Kier molecular flexibility index (Phi) is 2.82. The molecule has 0 unspecified atom stereocenters. The van der Waals surface area contributed by atoms with Crippen molar-refractivity contribution >= 4 is 11.0 Å². The summed E-state index contributed by atoms with van der Waals surface area (Å²) in [6.45, 7) is -0.0652. The summed E-state index contributed by atoms with van der Waals surface area (Å²) in [7, 11) is 0. The molecule has 0 amide bonds. The van der Waals surface area contributed by atoms with Gasteiger partial charge < -0.3 is 9.52 Å². The van der Waals surface area contributed by atoms with Gasteiger partial charge in [0.1, 0.15) is 18.0 Å². The average molecular weight is 239 g/mol. The van der Waals surface area contributed by atoms with Crippen LogP contribution in [0.3, 0.4) is 0 Å². The molecule has 0 bridgehead atoms. The predicted octanol–water partition coefficient (Wildman–Crippen LogP) is 2.91. The molecule has 1 N–H and O–H groups in total. The Morgan fingerprint density at radius 1 is 1.11 bits per heavy atom. The van der Waals surface area contributed by atoms with Gasteiger partial charge in [0.25, 0.3) is 0 Å². The highest BCUT2D eigenvalue weighted by Crippen LogP contribution is 2.21. The summed E-state index contributed by atoms with van der Waals surface area (Å²) in [6.07, 6.45) is 2.60. The van der Waals surface area contributed by atoms with Crippen LogP contribution in [0, 0.1) is 0 Å². The Balaban J connectivity index is 1.93. The maximum atomic E-state index is 9.04. The Labute approximate surface area is 105 Å². The lowest BCUT2D eigenvalue weighted by molar-refractivity contribution is 0.251. The fourth-order valence-corrected chi connectivity index (χ4v) is 2.05. The molecule has 0 atom stereocenters. The van der Waals surface area contributed by atoms with Gasteiger partial charge in [-0.3, -0.25) is 4.98 Å². The summed E-state index contributed by atoms with van der Waals surface area (Å²) in [5.74, 6) is 0.597. The summed E-state index contributed by atoms with van der Waals surface area (Å²) in [5, 5.41) is 10.1. The summed E-state index contributed by atoms with van der Waals surface area (Å²) in [6, 6.07) is 13.8. The van der Waals surface area contributed by atoms with Gasteiger partial charge in [0.2, 0.25) is 0 Å². The lowest BCUT2D eigenvalue weighted by Gasteiger charge is -2.00. The number of aliphatic hydroxyl groups excluding tert-OH is 1. The number of fused-ring (bicyclic) bond motifs is 1. The minimum atomic E-state index is -0.0652. The molecule has 0 aliphatic rings. The molecule has 18 heavy (non-hydrogen) atoms. The van der Waals surface area contributed by atoms with E-state index in [1.54, 1.807) is 6.20 Å². The van der Waals surface area contributed by atoms with Crippen LogP contribution >= 0.6 is 0 Å². The summed E-state index contributed by atoms with van der Waals surface area (Å²) in [5.41, 5.74) is 3.04. The zero-order chi connectivity index (χ0) is 12.4. The molecule has 0 spiro atoms. The van der Waals surface area contributed by atoms with Gasteiger partial charge in [0, 0.05) is 23.7 Å². The molecule has 3 nitrogen and oxygen atoms in total. The second-order valence-corrected chi connectivity index (χ2v) is 4.24. The number of aliphatic hydroxyl groups is 1. The number of aromatic nitrogens is 1. The van der Waals surface area contributed by atoms with Gasteiger partial charge in [-0.05, 0) is 35.9 Å². The summed E-state index contributed by atoms with van der Waals surface area (Å²) < 4.78 is 5.46. The van der Waals surface area contributed by atoms with E-state index in [2.05, 4.69) is 11.1 Å². The molecule has 0 radical (unpaired) electrons. The van der Waals surface area contributed by atoms with Crippen molar-refractivity contribution in [2.75, 3.05) is 0 Å². The molecule has 1 aromatic carbocycles. The first-order valence-electron chi connectivity index (χ1n) is 5.87. The van der Waals surface area contributed by atoms with Gasteiger partial charge in [0.05, 0.1) is 0 Å². The molecule has 0 saturated heterocycles. The zero-order valence-corrected chi connectivity index (χ0v) is 9.84. The minimum absolute atomic E-state index is 0.0652. The normalized spacial score (nSPS) is 10.9. The van der Waals surface area contributed by atoms with Crippen LogP contribution in [0.1, 0.15) is 17.0 Å². The number of nitrogens with zero attached hydrogens (tertiary/aromatic N) is 1. The van der Waals surface area contributed by atoms with E-state index in [0.717, 1.165) is 23.1 Å². The molecule has 3 aromatic rings. The molecular formula is C15H13NO2. The van der Waals surface area contributed by atoms with Crippen molar-refractivity contribution in [3.8, 4) is 0 Å². The van der Waals surface area contributed by atoms with Crippen LogP contribution < -0.4 is 0 Å². The van der Waals surface area contributed by atoms with E-state index in [-0.39, 0.29) is 6.61 Å². The van der Waals surface area contributed by atoms with Gasteiger partial charge in [0.15, 0.2) is 0 Å². The SMILES string of the molecule is OCc1cc2cc(Cc3ccccn3)ccc2o1. The van der Waals surface area contributed by atoms with Crippen molar-refractivity contribution in [1.82, 2.24) is 4.98 Å². The lowest BCUT2D eigenvalue weighted by Crippen LogP contribution is -1.90. The Morgan fingerprint density at radius 2 is 2.06 bits per heavy atom. The highest BCUT2D eigenvalue weighted by molar-refractivity contribution is 5.78. The van der Waals surface area contributed by atoms with Crippen LogP contribution in [0.25, 0.3) is 11.0 Å². The molecule has 0 saturated carbocycles. The van der Waals surface area contributed by atoms with Crippen LogP contribution in [-0.4, -0.2) is 10.1 Å². The van der Waals surface area contributed by atoms with Gasteiger partial charge >= 0.3 is 0 Å². The van der Waals surface area contributed by atoms with Gasteiger partial charge in [-0.1, -0.05) is 12.1 Å². The predicted molar refractivity (Wildman–Crippen MR) is 69.2 cm³/mol. The number of hydrogen-bond acceptors (Lipinski definition) is 3. The molecule has 0 aliphatic carbocycles. The minimum Gasteiger partial charge on any atom is -0.459 e. The lowest BCUT2D eigenvalue weighted by atomic mass is 10.1. The van der Waals surface area contributed by atoms with Gasteiger partial charge in [-0.2, -0.15) is 0 Å². The third-order valence-electron chi connectivity index (χ3n) is 2.90. The second-order valence-electron chi connectivity index (χ2n) is 4.24. The Morgan fingerprint density at radius 3 is 2.83 bits per heavy atom. The Hall–Kier alpha value is -2.13. The van der Waals surface area contributed by atoms with Crippen LogP contribution in [0.4, 0.5) is 0 Å².